The van der Waals surface area contributed by atoms with Crippen LogP contribution in [0.4, 0.5) is 0 Å². The molecule has 17 heavy (non-hydrogen) atoms. The standard InChI is InChI=1S/C11H16N4OS/c1-2-8-6-17-11(14-9(8)3-1)12-5-4-10-13-7-16-15-10/h7-9H,1-6H2,(H,12,14). The summed E-state index contributed by atoms with van der Waals surface area (Å²) in [6, 6.07) is 0.667. The van der Waals surface area contributed by atoms with Crippen LogP contribution in [0.3, 0.4) is 0 Å². The van der Waals surface area contributed by atoms with Gasteiger partial charge in [0.2, 0.25) is 6.39 Å². The predicted molar refractivity (Wildman–Crippen MR) is 67.0 cm³/mol. The van der Waals surface area contributed by atoms with Crippen LogP contribution in [-0.4, -0.2) is 33.6 Å². The summed E-state index contributed by atoms with van der Waals surface area (Å²) in [6.07, 6.45) is 6.14. The number of thioether (sulfide) groups is 1. The van der Waals surface area contributed by atoms with Crippen molar-refractivity contribution in [2.24, 2.45) is 10.9 Å². The molecule has 3 rings (SSSR count). The summed E-state index contributed by atoms with van der Waals surface area (Å²) in [7, 11) is 0. The molecule has 0 radical (unpaired) electrons. The van der Waals surface area contributed by atoms with Gasteiger partial charge in [0.15, 0.2) is 11.0 Å². The lowest BCUT2D eigenvalue weighted by Gasteiger charge is -2.27. The van der Waals surface area contributed by atoms with Crippen molar-refractivity contribution in [3.8, 4) is 0 Å². The summed E-state index contributed by atoms with van der Waals surface area (Å²) in [5.41, 5.74) is 0. The second-order valence-corrected chi connectivity index (χ2v) is 5.55. The van der Waals surface area contributed by atoms with Crippen molar-refractivity contribution in [2.75, 3.05) is 12.3 Å². The van der Waals surface area contributed by atoms with Crippen molar-refractivity contribution in [3.63, 3.8) is 0 Å². The third kappa shape index (κ3) is 2.62. The Morgan fingerprint density at radius 1 is 1.53 bits per heavy atom. The molecule has 1 aromatic rings. The fourth-order valence-electron chi connectivity index (χ4n) is 2.46. The average Bonchev–Trinajstić information content (AvgIpc) is 2.98. The van der Waals surface area contributed by atoms with E-state index in [-0.39, 0.29) is 0 Å². The average molecular weight is 252 g/mol. The molecule has 5 nitrogen and oxygen atoms in total. The van der Waals surface area contributed by atoms with E-state index >= 15 is 0 Å². The first-order valence-electron chi connectivity index (χ1n) is 6.11. The molecule has 92 valence electrons. The molecular weight excluding hydrogens is 236 g/mol. The number of aliphatic imine (C=N–C) groups is 1. The highest BCUT2D eigenvalue weighted by atomic mass is 32.2. The van der Waals surface area contributed by atoms with Crippen LogP contribution in [0, 0.1) is 5.92 Å². The van der Waals surface area contributed by atoms with E-state index in [4.69, 9.17) is 0 Å². The molecule has 6 heteroatoms. The van der Waals surface area contributed by atoms with Crippen LogP contribution < -0.4 is 5.32 Å². The van der Waals surface area contributed by atoms with Crippen molar-refractivity contribution >= 4 is 16.9 Å². The first-order valence-corrected chi connectivity index (χ1v) is 7.09. The lowest BCUT2D eigenvalue weighted by atomic mass is 10.1. The molecule has 1 saturated heterocycles. The molecule has 2 heterocycles. The third-order valence-corrected chi connectivity index (χ3v) is 4.52. The van der Waals surface area contributed by atoms with Crippen molar-refractivity contribution in [2.45, 2.75) is 31.7 Å². The van der Waals surface area contributed by atoms with Crippen molar-refractivity contribution in [1.29, 1.82) is 0 Å². The zero-order valence-electron chi connectivity index (χ0n) is 9.63. The number of aromatic nitrogens is 2. The summed E-state index contributed by atoms with van der Waals surface area (Å²) in [4.78, 5) is 8.54. The fourth-order valence-corrected chi connectivity index (χ4v) is 3.65. The number of hydrogen-bond donors (Lipinski definition) is 1. The predicted octanol–water partition coefficient (Wildman–Crippen LogP) is 1.47. The monoisotopic (exact) mass is 252 g/mol. The summed E-state index contributed by atoms with van der Waals surface area (Å²) < 4.78 is 4.68. The Hall–Kier alpha value is -1.04. The molecule has 1 aliphatic heterocycles. The lowest BCUT2D eigenvalue weighted by Crippen LogP contribution is -2.41. The summed E-state index contributed by atoms with van der Waals surface area (Å²) in [5.74, 6) is 2.81. The number of amidine groups is 1. The molecule has 1 N–H and O–H groups in total. The Morgan fingerprint density at radius 3 is 3.41 bits per heavy atom. The minimum absolute atomic E-state index is 0.667. The van der Waals surface area contributed by atoms with Crippen LogP contribution in [0.15, 0.2) is 15.9 Å². The molecule has 2 unspecified atom stereocenters. The van der Waals surface area contributed by atoms with E-state index in [9.17, 15) is 0 Å². The highest BCUT2D eigenvalue weighted by Gasteiger charge is 2.31. The summed E-state index contributed by atoms with van der Waals surface area (Å²) in [6.45, 7) is 0.728. The molecule has 2 fully saturated rings. The number of nitrogens with one attached hydrogen (secondary N) is 1. The second kappa shape index (κ2) is 5.08. The van der Waals surface area contributed by atoms with Gasteiger partial charge in [-0.2, -0.15) is 4.98 Å². The summed E-state index contributed by atoms with van der Waals surface area (Å²) in [5, 5.41) is 8.41. The van der Waals surface area contributed by atoms with Crippen LogP contribution in [-0.2, 0) is 6.42 Å². The van der Waals surface area contributed by atoms with Crippen molar-refractivity contribution in [3.05, 3.63) is 12.2 Å². The van der Waals surface area contributed by atoms with Crippen LogP contribution in [0.5, 0.6) is 0 Å². The minimum atomic E-state index is 0.667. The van der Waals surface area contributed by atoms with E-state index in [1.165, 1.54) is 31.4 Å². The number of hydrogen-bond acceptors (Lipinski definition) is 5. The van der Waals surface area contributed by atoms with E-state index in [0.717, 1.165) is 29.9 Å². The van der Waals surface area contributed by atoms with Gasteiger partial charge in [-0.15, -0.1) is 0 Å². The van der Waals surface area contributed by atoms with E-state index in [0.29, 0.717) is 6.04 Å². The van der Waals surface area contributed by atoms with E-state index < -0.39 is 0 Å². The van der Waals surface area contributed by atoms with Gasteiger partial charge >= 0.3 is 0 Å². The maximum atomic E-state index is 4.68. The summed E-state index contributed by atoms with van der Waals surface area (Å²) >= 11 is 1.85. The molecule has 2 aliphatic rings. The lowest BCUT2D eigenvalue weighted by molar-refractivity contribution is 0.410. The molecule has 0 spiro atoms. The van der Waals surface area contributed by atoms with Gasteiger partial charge in [-0.05, 0) is 18.8 Å². The zero-order valence-corrected chi connectivity index (χ0v) is 10.4. The van der Waals surface area contributed by atoms with E-state index in [1.807, 2.05) is 11.8 Å². The molecule has 1 saturated carbocycles. The fraction of sp³-hybridized carbons (Fsp3) is 0.727. The molecular formula is C11H16N4OS. The Labute approximate surface area is 104 Å². The Balaban J connectivity index is 1.51. The number of fused-ring (bicyclic) bond motifs is 1. The highest BCUT2D eigenvalue weighted by molar-refractivity contribution is 8.13. The maximum absolute atomic E-state index is 4.68. The van der Waals surface area contributed by atoms with E-state index in [2.05, 4.69) is 25.0 Å². The highest BCUT2D eigenvalue weighted by Crippen LogP contribution is 2.32. The topological polar surface area (TPSA) is 63.3 Å². The molecule has 2 atom stereocenters. The van der Waals surface area contributed by atoms with Gasteiger partial charge in [0.1, 0.15) is 0 Å². The zero-order chi connectivity index (χ0) is 11.5. The van der Waals surface area contributed by atoms with Crippen molar-refractivity contribution < 1.29 is 4.52 Å². The first-order chi connectivity index (χ1) is 8.42. The van der Waals surface area contributed by atoms with Crippen LogP contribution >= 0.6 is 11.8 Å². The first kappa shape index (κ1) is 11.1. The van der Waals surface area contributed by atoms with Gasteiger partial charge in [0.25, 0.3) is 0 Å². The van der Waals surface area contributed by atoms with Gasteiger partial charge in [-0.25, -0.2) is 0 Å². The van der Waals surface area contributed by atoms with E-state index in [1.54, 1.807) is 0 Å². The quantitative estimate of drug-likeness (QED) is 0.882. The largest absolute Gasteiger partial charge is 0.362 e. The molecule has 1 aromatic heterocycles. The van der Waals surface area contributed by atoms with Gasteiger partial charge < -0.3 is 9.84 Å². The Bertz CT molecular complexity index is 392. The van der Waals surface area contributed by atoms with Crippen molar-refractivity contribution in [1.82, 2.24) is 15.5 Å². The van der Waals surface area contributed by atoms with Gasteiger partial charge in [-0.3, -0.25) is 4.99 Å². The smallest absolute Gasteiger partial charge is 0.213 e. The van der Waals surface area contributed by atoms with Crippen LogP contribution in [0.2, 0.25) is 0 Å². The Morgan fingerprint density at radius 2 is 2.53 bits per heavy atom. The van der Waals surface area contributed by atoms with Gasteiger partial charge in [0, 0.05) is 24.8 Å². The third-order valence-electron chi connectivity index (χ3n) is 3.40. The molecule has 0 aromatic carbocycles. The SMILES string of the molecule is c1nc(CCN=C2NC3CCCC3CS2)no1. The molecule has 1 aliphatic carbocycles. The molecule has 0 bridgehead atoms. The number of rotatable bonds is 3. The van der Waals surface area contributed by atoms with Crippen LogP contribution in [0.25, 0.3) is 0 Å². The van der Waals surface area contributed by atoms with Crippen LogP contribution in [0.1, 0.15) is 25.1 Å². The second-order valence-electron chi connectivity index (χ2n) is 4.54. The molecule has 0 amide bonds. The number of nitrogens with zero attached hydrogens (tertiary/aromatic N) is 3. The maximum Gasteiger partial charge on any atom is 0.213 e. The van der Waals surface area contributed by atoms with Gasteiger partial charge in [-0.1, -0.05) is 23.3 Å². The Kier molecular flexibility index (Phi) is 3.31. The van der Waals surface area contributed by atoms with Gasteiger partial charge in [0.05, 0.1) is 0 Å². The normalized spacial score (nSPS) is 30.2. The minimum Gasteiger partial charge on any atom is -0.362 e.